The van der Waals surface area contributed by atoms with Gasteiger partial charge in [-0.1, -0.05) is 51.5 Å². The molecule has 4 heteroatoms. The predicted octanol–water partition coefficient (Wildman–Crippen LogP) is 5.75. The van der Waals surface area contributed by atoms with E-state index in [0.29, 0.717) is 12.5 Å². The lowest BCUT2D eigenvalue weighted by molar-refractivity contribution is 0.320. The summed E-state index contributed by atoms with van der Waals surface area (Å²) in [6.45, 7) is 11.1. The van der Waals surface area contributed by atoms with Crippen molar-refractivity contribution in [2.24, 2.45) is 0 Å². The normalized spacial score (nSPS) is 11.2. The number of benzene rings is 2. The standard InChI is InChI=1S/C24H31N3O/c1-5-6-13-27(24-21-9-7-8-10-22(21)25-17-26-24)14-15-28-23-16-20(18(2)3)12-11-19(23)4/h7-12,16-18H,5-6,13-15H2,1-4H3. The zero-order chi connectivity index (χ0) is 19.9. The van der Waals surface area contributed by atoms with Crippen LogP contribution in [0.5, 0.6) is 5.75 Å². The van der Waals surface area contributed by atoms with Crippen molar-refractivity contribution in [3.63, 3.8) is 0 Å². The first-order chi connectivity index (χ1) is 13.6. The molecule has 0 amide bonds. The number of rotatable bonds is 9. The van der Waals surface area contributed by atoms with Gasteiger partial charge in [-0.25, -0.2) is 9.97 Å². The molecule has 4 nitrogen and oxygen atoms in total. The SMILES string of the molecule is CCCCN(CCOc1cc(C(C)C)ccc1C)c1ncnc2ccccc12. The van der Waals surface area contributed by atoms with E-state index in [2.05, 4.69) is 66.8 Å². The van der Waals surface area contributed by atoms with Crippen molar-refractivity contribution in [3.8, 4) is 5.75 Å². The Morgan fingerprint density at radius 1 is 1.04 bits per heavy atom. The van der Waals surface area contributed by atoms with E-state index >= 15 is 0 Å². The molecule has 28 heavy (non-hydrogen) atoms. The Morgan fingerprint density at radius 3 is 2.64 bits per heavy atom. The molecule has 1 aromatic heterocycles. The fourth-order valence-corrected chi connectivity index (χ4v) is 3.31. The van der Waals surface area contributed by atoms with Gasteiger partial charge in [0.05, 0.1) is 12.1 Å². The minimum absolute atomic E-state index is 0.497. The summed E-state index contributed by atoms with van der Waals surface area (Å²) in [6, 6.07) is 14.7. The molecule has 0 saturated carbocycles. The molecule has 0 aliphatic carbocycles. The fraction of sp³-hybridized carbons (Fsp3) is 0.417. The minimum Gasteiger partial charge on any atom is -0.491 e. The maximum absolute atomic E-state index is 6.19. The van der Waals surface area contributed by atoms with Gasteiger partial charge in [0, 0.05) is 11.9 Å². The van der Waals surface area contributed by atoms with E-state index < -0.39 is 0 Å². The minimum atomic E-state index is 0.497. The molecule has 0 aliphatic rings. The Hall–Kier alpha value is -2.62. The number of nitrogens with zero attached hydrogens (tertiary/aromatic N) is 3. The number of unbranched alkanes of at least 4 members (excludes halogenated alkanes) is 1. The van der Waals surface area contributed by atoms with Crippen molar-refractivity contribution in [1.82, 2.24) is 9.97 Å². The summed E-state index contributed by atoms with van der Waals surface area (Å²) in [5.74, 6) is 2.47. The van der Waals surface area contributed by atoms with Gasteiger partial charge >= 0.3 is 0 Å². The van der Waals surface area contributed by atoms with Gasteiger partial charge in [0.25, 0.3) is 0 Å². The number of anilines is 1. The third-order valence-corrected chi connectivity index (χ3v) is 5.10. The largest absolute Gasteiger partial charge is 0.491 e. The lowest BCUT2D eigenvalue weighted by Gasteiger charge is -2.25. The van der Waals surface area contributed by atoms with E-state index in [1.54, 1.807) is 6.33 Å². The van der Waals surface area contributed by atoms with Gasteiger partial charge in [-0.05, 0) is 48.6 Å². The Kier molecular flexibility index (Phi) is 6.85. The van der Waals surface area contributed by atoms with Crippen LogP contribution in [0.2, 0.25) is 0 Å². The highest BCUT2D eigenvalue weighted by atomic mass is 16.5. The van der Waals surface area contributed by atoms with Gasteiger partial charge in [0.2, 0.25) is 0 Å². The molecule has 0 fully saturated rings. The number of para-hydroxylation sites is 1. The predicted molar refractivity (Wildman–Crippen MR) is 117 cm³/mol. The van der Waals surface area contributed by atoms with Crippen LogP contribution in [-0.4, -0.2) is 29.7 Å². The van der Waals surface area contributed by atoms with Crippen LogP contribution in [0, 0.1) is 6.92 Å². The van der Waals surface area contributed by atoms with Crippen LogP contribution in [0.3, 0.4) is 0 Å². The third-order valence-electron chi connectivity index (χ3n) is 5.10. The van der Waals surface area contributed by atoms with Crippen LogP contribution in [-0.2, 0) is 0 Å². The van der Waals surface area contributed by atoms with Crippen LogP contribution < -0.4 is 9.64 Å². The van der Waals surface area contributed by atoms with Gasteiger partial charge in [0.1, 0.15) is 24.5 Å². The second-order valence-corrected chi connectivity index (χ2v) is 7.58. The number of ether oxygens (including phenoxy) is 1. The molecule has 0 aliphatic heterocycles. The Morgan fingerprint density at radius 2 is 1.86 bits per heavy atom. The zero-order valence-corrected chi connectivity index (χ0v) is 17.5. The monoisotopic (exact) mass is 377 g/mol. The summed E-state index contributed by atoms with van der Waals surface area (Å²) in [5.41, 5.74) is 3.47. The van der Waals surface area contributed by atoms with E-state index in [4.69, 9.17) is 4.74 Å². The highest BCUT2D eigenvalue weighted by molar-refractivity contribution is 5.89. The summed E-state index contributed by atoms with van der Waals surface area (Å²) in [6.07, 6.45) is 3.93. The first-order valence-electron chi connectivity index (χ1n) is 10.3. The molecule has 0 bridgehead atoms. The zero-order valence-electron chi connectivity index (χ0n) is 17.5. The summed E-state index contributed by atoms with van der Waals surface area (Å²) < 4.78 is 6.19. The Balaban J connectivity index is 1.76. The van der Waals surface area contributed by atoms with E-state index in [0.717, 1.165) is 48.4 Å². The van der Waals surface area contributed by atoms with Gasteiger partial charge in [-0.15, -0.1) is 0 Å². The molecule has 1 heterocycles. The van der Waals surface area contributed by atoms with E-state index in [9.17, 15) is 0 Å². The van der Waals surface area contributed by atoms with Gasteiger partial charge in [-0.3, -0.25) is 0 Å². The maximum Gasteiger partial charge on any atom is 0.139 e. The molecule has 3 aromatic rings. The van der Waals surface area contributed by atoms with Crippen molar-refractivity contribution < 1.29 is 4.74 Å². The topological polar surface area (TPSA) is 38.2 Å². The lowest BCUT2D eigenvalue weighted by atomic mass is 10.0. The molecule has 0 radical (unpaired) electrons. The molecule has 0 N–H and O–H groups in total. The van der Waals surface area contributed by atoms with E-state index in [1.807, 2.05) is 18.2 Å². The lowest BCUT2D eigenvalue weighted by Crippen LogP contribution is -2.30. The van der Waals surface area contributed by atoms with Crippen LogP contribution >= 0.6 is 0 Å². The highest BCUT2D eigenvalue weighted by Crippen LogP contribution is 2.25. The van der Waals surface area contributed by atoms with Crippen molar-refractivity contribution >= 4 is 16.7 Å². The number of hydrogen-bond acceptors (Lipinski definition) is 4. The summed E-state index contributed by atoms with van der Waals surface area (Å²) >= 11 is 0. The van der Waals surface area contributed by atoms with Gasteiger partial charge < -0.3 is 9.64 Å². The van der Waals surface area contributed by atoms with Crippen molar-refractivity contribution in [2.75, 3.05) is 24.6 Å². The molecule has 0 saturated heterocycles. The number of hydrogen-bond donors (Lipinski definition) is 0. The highest BCUT2D eigenvalue weighted by Gasteiger charge is 2.13. The summed E-state index contributed by atoms with van der Waals surface area (Å²) in [7, 11) is 0. The quantitative estimate of drug-likeness (QED) is 0.476. The fourth-order valence-electron chi connectivity index (χ4n) is 3.31. The third kappa shape index (κ3) is 4.80. The van der Waals surface area contributed by atoms with Crippen molar-refractivity contribution in [1.29, 1.82) is 0 Å². The maximum atomic E-state index is 6.19. The van der Waals surface area contributed by atoms with Crippen molar-refractivity contribution in [3.05, 3.63) is 59.9 Å². The smallest absolute Gasteiger partial charge is 0.139 e. The molecule has 0 atom stereocenters. The number of fused-ring (bicyclic) bond motifs is 1. The summed E-state index contributed by atoms with van der Waals surface area (Å²) in [5, 5.41) is 1.10. The molecule has 0 unspecified atom stereocenters. The van der Waals surface area contributed by atoms with Crippen LogP contribution in [0.1, 0.15) is 50.7 Å². The van der Waals surface area contributed by atoms with E-state index in [-0.39, 0.29) is 0 Å². The Bertz CT molecular complexity index is 902. The van der Waals surface area contributed by atoms with E-state index in [1.165, 1.54) is 11.1 Å². The first-order valence-corrected chi connectivity index (χ1v) is 10.3. The number of aromatic nitrogens is 2. The van der Waals surface area contributed by atoms with Gasteiger partial charge in [0.15, 0.2) is 0 Å². The average molecular weight is 378 g/mol. The van der Waals surface area contributed by atoms with Crippen molar-refractivity contribution in [2.45, 2.75) is 46.5 Å². The molecule has 2 aromatic carbocycles. The van der Waals surface area contributed by atoms with Crippen LogP contribution in [0.25, 0.3) is 10.9 Å². The molecule has 148 valence electrons. The summed E-state index contributed by atoms with van der Waals surface area (Å²) in [4.78, 5) is 11.3. The molecular weight excluding hydrogens is 346 g/mol. The second kappa shape index (κ2) is 9.54. The number of aryl methyl sites for hydroxylation is 1. The van der Waals surface area contributed by atoms with Crippen LogP contribution in [0.4, 0.5) is 5.82 Å². The average Bonchev–Trinajstić information content (AvgIpc) is 2.71. The Labute approximate surface area is 168 Å². The first kappa shape index (κ1) is 20.1. The van der Waals surface area contributed by atoms with Crippen LogP contribution in [0.15, 0.2) is 48.8 Å². The molecule has 3 rings (SSSR count). The second-order valence-electron chi connectivity index (χ2n) is 7.58. The van der Waals surface area contributed by atoms with Gasteiger partial charge in [-0.2, -0.15) is 0 Å². The molecular formula is C24H31N3O. The molecule has 0 spiro atoms.